The smallest absolute Gasteiger partial charge is 0.161 e. The molecule has 0 aliphatic heterocycles. The molecule has 0 saturated carbocycles. The van der Waals surface area contributed by atoms with Gasteiger partial charge in [0, 0.05) is 18.5 Å². The van der Waals surface area contributed by atoms with Crippen LogP contribution in [0.1, 0.15) is 12.5 Å². The predicted octanol–water partition coefficient (Wildman–Crippen LogP) is 2.42. The second kappa shape index (κ2) is 6.61. The first-order valence-electron chi connectivity index (χ1n) is 5.23. The first-order chi connectivity index (χ1) is 7.67. The number of methoxy groups -OCH3 is 2. The second-order valence-electron chi connectivity index (χ2n) is 3.60. The molecule has 16 heavy (non-hydrogen) atoms. The molecule has 1 rings (SSSR count). The lowest BCUT2D eigenvalue weighted by atomic mass is 10.2. The Kier molecular flexibility index (Phi) is 5.43. The summed E-state index contributed by atoms with van der Waals surface area (Å²) >= 11 is 5.84. The van der Waals surface area contributed by atoms with Gasteiger partial charge in [0.05, 0.1) is 14.2 Å². The Morgan fingerprint density at radius 3 is 2.50 bits per heavy atom. The van der Waals surface area contributed by atoms with Gasteiger partial charge in [-0.25, -0.2) is 0 Å². The Morgan fingerprint density at radius 1 is 1.25 bits per heavy atom. The molecule has 0 spiro atoms. The van der Waals surface area contributed by atoms with Crippen LogP contribution in [0, 0.1) is 0 Å². The first-order valence-corrected chi connectivity index (χ1v) is 5.66. The van der Waals surface area contributed by atoms with Crippen LogP contribution in [0.4, 0.5) is 0 Å². The third-order valence-corrected chi connectivity index (χ3v) is 2.36. The van der Waals surface area contributed by atoms with Gasteiger partial charge in [0.1, 0.15) is 0 Å². The number of halogens is 1. The fraction of sp³-hybridized carbons (Fsp3) is 0.500. The Labute approximate surface area is 102 Å². The van der Waals surface area contributed by atoms with E-state index in [1.807, 2.05) is 25.1 Å². The minimum absolute atomic E-state index is 0.139. The zero-order valence-corrected chi connectivity index (χ0v) is 10.7. The highest BCUT2D eigenvalue weighted by atomic mass is 35.5. The Balaban J connectivity index is 2.60. The molecule has 4 heteroatoms. The summed E-state index contributed by atoms with van der Waals surface area (Å²) in [7, 11) is 3.26. The summed E-state index contributed by atoms with van der Waals surface area (Å²) in [4.78, 5) is 0. The van der Waals surface area contributed by atoms with Gasteiger partial charge in [-0.2, -0.15) is 0 Å². The summed E-state index contributed by atoms with van der Waals surface area (Å²) in [5, 5.41) is 3.40. The van der Waals surface area contributed by atoms with Crippen molar-refractivity contribution >= 4 is 11.6 Å². The maximum atomic E-state index is 5.84. The van der Waals surface area contributed by atoms with Gasteiger partial charge in [-0.1, -0.05) is 6.07 Å². The molecule has 0 saturated heterocycles. The number of benzene rings is 1. The summed E-state index contributed by atoms with van der Waals surface area (Å²) in [5.41, 5.74) is 1.15. The molecular weight excluding hydrogens is 226 g/mol. The van der Waals surface area contributed by atoms with Crippen LogP contribution in [-0.4, -0.2) is 26.1 Å². The van der Waals surface area contributed by atoms with Crippen molar-refractivity contribution in [1.82, 2.24) is 5.32 Å². The lowest BCUT2D eigenvalue weighted by molar-refractivity contribution is 0.354. The van der Waals surface area contributed by atoms with E-state index in [0.29, 0.717) is 0 Å². The van der Waals surface area contributed by atoms with Crippen LogP contribution in [0.2, 0.25) is 0 Å². The summed E-state index contributed by atoms with van der Waals surface area (Å²) in [6.45, 7) is 3.52. The quantitative estimate of drug-likeness (QED) is 0.779. The molecule has 1 atom stereocenters. The van der Waals surface area contributed by atoms with Gasteiger partial charge in [-0.15, -0.1) is 11.6 Å². The van der Waals surface area contributed by atoms with E-state index in [2.05, 4.69) is 5.32 Å². The van der Waals surface area contributed by atoms with Crippen molar-refractivity contribution in [3.8, 4) is 11.5 Å². The standard InChI is InChI=1S/C12H18ClNO2/c1-9(13)7-14-8-10-4-5-11(15-2)12(6-10)16-3/h4-6,9,14H,7-8H2,1-3H3. The van der Waals surface area contributed by atoms with Crippen molar-refractivity contribution in [2.45, 2.75) is 18.8 Å². The fourth-order valence-corrected chi connectivity index (χ4v) is 1.52. The van der Waals surface area contributed by atoms with Gasteiger partial charge in [0.2, 0.25) is 0 Å². The van der Waals surface area contributed by atoms with E-state index in [1.54, 1.807) is 14.2 Å². The van der Waals surface area contributed by atoms with Crippen molar-refractivity contribution in [2.75, 3.05) is 20.8 Å². The van der Waals surface area contributed by atoms with Gasteiger partial charge in [-0.05, 0) is 24.6 Å². The van der Waals surface area contributed by atoms with Crippen LogP contribution in [0.15, 0.2) is 18.2 Å². The highest BCUT2D eigenvalue weighted by Gasteiger charge is 2.04. The van der Waals surface area contributed by atoms with Gasteiger partial charge >= 0.3 is 0 Å². The molecule has 0 aliphatic rings. The van der Waals surface area contributed by atoms with Crippen LogP contribution in [0.3, 0.4) is 0 Å². The van der Waals surface area contributed by atoms with Gasteiger partial charge in [-0.3, -0.25) is 0 Å². The van der Waals surface area contributed by atoms with Crippen LogP contribution >= 0.6 is 11.6 Å². The second-order valence-corrected chi connectivity index (χ2v) is 4.35. The van der Waals surface area contributed by atoms with Gasteiger partial charge < -0.3 is 14.8 Å². The third-order valence-electron chi connectivity index (χ3n) is 2.20. The minimum Gasteiger partial charge on any atom is -0.493 e. The SMILES string of the molecule is COc1ccc(CNCC(C)Cl)cc1OC. The molecule has 0 aromatic heterocycles. The molecule has 0 fully saturated rings. The van der Waals surface area contributed by atoms with Gasteiger partial charge in [0.25, 0.3) is 0 Å². The number of ether oxygens (including phenoxy) is 2. The van der Waals surface area contributed by atoms with E-state index in [9.17, 15) is 0 Å². The van der Waals surface area contributed by atoms with E-state index < -0.39 is 0 Å². The van der Waals surface area contributed by atoms with Crippen molar-refractivity contribution in [3.63, 3.8) is 0 Å². The number of hydrogen-bond acceptors (Lipinski definition) is 3. The molecule has 0 heterocycles. The van der Waals surface area contributed by atoms with E-state index in [4.69, 9.17) is 21.1 Å². The van der Waals surface area contributed by atoms with Crippen molar-refractivity contribution in [1.29, 1.82) is 0 Å². The summed E-state index contributed by atoms with van der Waals surface area (Å²) in [6, 6.07) is 5.87. The van der Waals surface area contributed by atoms with Crippen LogP contribution in [0.5, 0.6) is 11.5 Å². The number of rotatable bonds is 6. The summed E-state index contributed by atoms with van der Waals surface area (Å²) in [6.07, 6.45) is 0. The maximum Gasteiger partial charge on any atom is 0.161 e. The summed E-state index contributed by atoms with van der Waals surface area (Å²) in [5.74, 6) is 1.50. The number of alkyl halides is 1. The largest absolute Gasteiger partial charge is 0.493 e. The zero-order valence-electron chi connectivity index (χ0n) is 9.92. The zero-order chi connectivity index (χ0) is 12.0. The Hall–Kier alpha value is -0.930. The third kappa shape index (κ3) is 3.91. The minimum atomic E-state index is 0.139. The lowest BCUT2D eigenvalue weighted by Crippen LogP contribution is -2.20. The summed E-state index contributed by atoms with van der Waals surface area (Å²) < 4.78 is 10.4. The van der Waals surface area contributed by atoms with E-state index in [-0.39, 0.29) is 5.38 Å². The van der Waals surface area contributed by atoms with Crippen molar-refractivity contribution < 1.29 is 9.47 Å². The van der Waals surface area contributed by atoms with Crippen LogP contribution < -0.4 is 14.8 Å². The molecule has 1 N–H and O–H groups in total. The van der Waals surface area contributed by atoms with E-state index >= 15 is 0 Å². The van der Waals surface area contributed by atoms with Crippen LogP contribution in [0.25, 0.3) is 0 Å². The topological polar surface area (TPSA) is 30.5 Å². The number of hydrogen-bond donors (Lipinski definition) is 1. The van der Waals surface area contributed by atoms with Crippen molar-refractivity contribution in [2.24, 2.45) is 0 Å². The molecule has 3 nitrogen and oxygen atoms in total. The van der Waals surface area contributed by atoms with E-state index in [1.165, 1.54) is 0 Å². The molecule has 1 unspecified atom stereocenters. The lowest BCUT2D eigenvalue weighted by Gasteiger charge is -2.10. The molecule has 0 aliphatic carbocycles. The Morgan fingerprint density at radius 2 is 1.94 bits per heavy atom. The first kappa shape index (κ1) is 13.1. The van der Waals surface area contributed by atoms with Crippen molar-refractivity contribution in [3.05, 3.63) is 23.8 Å². The predicted molar refractivity (Wildman–Crippen MR) is 66.6 cm³/mol. The average molecular weight is 244 g/mol. The molecule has 0 bridgehead atoms. The number of nitrogens with one attached hydrogen (secondary N) is 1. The Bertz CT molecular complexity index is 329. The maximum absolute atomic E-state index is 5.84. The molecular formula is C12H18ClNO2. The van der Waals surface area contributed by atoms with Crippen LogP contribution in [-0.2, 0) is 6.54 Å². The normalized spacial score (nSPS) is 12.2. The molecule has 0 radical (unpaired) electrons. The molecule has 90 valence electrons. The molecule has 1 aromatic rings. The average Bonchev–Trinajstić information content (AvgIpc) is 2.28. The van der Waals surface area contributed by atoms with E-state index in [0.717, 1.165) is 30.2 Å². The molecule has 0 amide bonds. The van der Waals surface area contributed by atoms with Gasteiger partial charge in [0.15, 0.2) is 11.5 Å². The molecule has 1 aromatic carbocycles. The highest BCUT2D eigenvalue weighted by molar-refractivity contribution is 6.20. The fourth-order valence-electron chi connectivity index (χ4n) is 1.41. The monoisotopic (exact) mass is 243 g/mol. The highest BCUT2D eigenvalue weighted by Crippen LogP contribution is 2.27.